The van der Waals surface area contributed by atoms with Crippen LogP contribution in [0.25, 0.3) is 0 Å². The third-order valence-electron chi connectivity index (χ3n) is 3.37. The molecule has 17 heavy (non-hydrogen) atoms. The van der Waals surface area contributed by atoms with E-state index >= 15 is 0 Å². The van der Waals surface area contributed by atoms with Crippen molar-refractivity contribution in [2.75, 3.05) is 26.2 Å². The predicted octanol–water partition coefficient (Wildman–Crippen LogP) is -1.04. The van der Waals surface area contributed by atoms with Gasteiger partial charge in [0.2, 0.25) is 17.7 Å². The Bertz CT molecular complexity index is 356. The summed E-state index contributed by atoms with van der Waals surface area (Å²) < 4.78 is 0. The highest BCUT2D eigenvalue weighted by Crippen LogP contribution is 2.15. The van der Waals surface area contributed by atoms with E-state index in [-0.39, 0.29) is 17.7 Å². The fourth-order valence-corrected chi connectivity index (χ4v) is 2.31. The highest BCUT2D eigenvalue weighted by molar-refractivity contribution is 6.01. The third-order valence-corrected chi connectivity index (χ3v) is 3.37. The first kappa shape index (κ1) is 12.0. The van der Waals surface area contributed by atoms with Gasteiger partial charge in [0, 0.05) is 19.5 Å². The van der Waals surface area contributed by atoms with Crippen molar-refractivity contribution in [2.45, 2.75) is 25.8 Å². The van der Waals surface area contributed by atoms with E-state index in [9.17, 15) is 14.4 Å². The van der Waals surface area contributed by atoms with Crippen molar-refractivity contribution in [3.63, 3.8) is 0 Å². The first-order valence-corrected chi connectivity index (χ1v) is 5.97. The van der Waals surface area contributed by atoms with Gasteiger partial charge in [0.05, 0.1) is 6.54 Å². The summed E-state index contributed by atoms with van der Waals surface area (Å²) in [6, 6.07) is -0.459. The molecule has 0 aromatic heterocycles. The smallest absolute Gasteiger partial charge is 0.249 e. The Labute approximate surface area is 99.9 Å². The molecule has 2 rings (SSSR count). The highest BCUT2D eigenvalue weighted by atomic mass is 16.2. The van der Waals surface area contributed by atoms with Crippen molar-refractivity contribution >= 4 is 17.7 Å². The summed E-state index contributed by atoms with van der Waals surface area (Å²) in [5, 5.41) is 2.29. The third kappa shape index (κ3) is 2.46. The van der Waals surface area contributed by atoms with Crippen LogP contribution in [0.2, 0.25) is 0 Å². The average Bonchev–Trinajstić information content (AvgIpc) is 2.30. The molecule has 0 radical (unpaired) electrons. The molecule has 2 fully saturated rings. The number of piperidine rings is 1. The molecule has 1 N–H and O–H groups in total. The Kier molecular flexibility index (Phi) is 3.42. The zero-order valence-corrected chi connectivity index (χ0v) is 9.94. The van der Waals surface area contributed by atoms with Gasteiger partial charge in [-0.3, -0.25) is 24.6 Å². The van der Waals surface area contributed by atoms with E-state index in [0.29, 0.717) is 25.9 Å². The van der Waals surface area contributed by atoms with Crippen LogP contribution in [-0.4, -0.2) is 59.7 Å². The van der Waals surface area contributed by atoms with Gasteiger partial charge in [-0.05, 0) is 13.0 Å². The molecular weight excluding hydrogens is 222 g/mol. The van der Waals surface area contributed by atoms with Crippen molar-refractivity contribution in [3.05, 3.63) is 0 Å². The molecule has 3 amide bonds. The molecule has 0 spiro atoms. The largest absolute Gasteiger partial charge is 0.328 e. The molecule has 2 heterocycles. The second kappa shape index (κ2) is 4.83. The highest BCUT2D eigenvalue weighted by Gasteiger charge is 2.36. The lowest BCUT2D eigenvalue weighted by Crippen LogP contribution is -2.60. The van der Waals surface area contributed by atoms with Crippen LogP contribution in [0.15, 0.2) is 0 Å². The number of nitrogens with zero attached hydrogens (tertiary/aromatic N) is 2. The van der Waals surface area contributed by atoms with E-state index in [2.05, 4.69) is 5.32 Å². The first-order chi connectivity index (χ1) is 8.11. The molecule has 1 atom stereocenters. The minimum atomic E-state index is -0.459. The van der Waals surface area contributed by atoms with Crippen LogP contribution in [0.1, 0.15) is 19.8 Å². The maximum atomic E-state index is 11.9. The van der Waals surface area contributed by atoms with Gasteiger partial charge in [-0.1, -0.05) is 6.92 Å². The number of hydrogen-bond acceptors (Lipinski definition) is 4. The minimum absolute atomic E-state index is 0.0207. The Morgan fingerprint density at radius 2 is 2.06 bits per heavy atom. The van der Waals surface area contributed by atoms with E-state index < -0.39 is 6.04 Å². The van der Waals surface area contributed by atoms with Crippen molar-refractivity contribution in [3.8, 4) is 0 Å². The van der Waals surface area contributed by atoms with Crippen molar-refractivity contribution in [1.29, 1.82) is 0 Å². The van der Waals surface area contributed by atoms with Gasteiger partial charge in [-0.2, -0.15) is 0 Å². The molecule has 2 aliphatic heterocycles. The molecule has 2 saturated heterocycles. The number of likely N-dealkylation sites (N-methyl/N-ethyl adjacent to an activating group) is 1. The lowest BCUT2D eigenvalue weighted by atomic mass is 10.0. The molecule has 0 bridgehead atoms. The number of imide groups is 1. The molecule has 6 heteroatoms. The summed E-state index contributed by atoms with van der Waals surface area (Å²) >= 11 is 0. The Morgan fingerprint density at radius 3 is 2.65 bits per heavy atom. The summed E-state index contributed by atoms with van der Waals surface area (Å²) in [6.07, 6.45) is 0.764. The first-order valence-electron chi connectivity index (χ1n) is 5.97. The fraction of sp³-hybridized carbons (Fsp3) is 0.727. The van der Waals surface area contributed by atoms with Gasteiger partial charge < -0.3 is 4.90 Å². The lowest BCUT2D eigenvalue weighted by Gasteiger charge is -2.39. The van der Waals surface area contributed by atoms with Gasteiger partial charge in [0.1, 0.15) is 6.04 Å². The number of nitrogens with one attached hydrogen (secondary N) is 1. The summed E-state index contributed by atoms with van der Waals surface area (Å²) in [4.78, 5) is 38.3. The van der Waals surface area contributed by atoms with Gasteiger partial charge in [-0.25, -0.2) is 0 Å². The minimum Gasteiger partial charge on any atom is -0.328 e. The Morgan fingerprint density at radius 1 is 1.29 bits per heavy atom. The van der Waals surface area contributed by atoms with Crippen LogP contribution in [0.4, 0.5) is 0 Å². The van der Waals surface area contributed by atoms with Gasteiger partial charge in [0.15, 0.2) is 0 Å². The number of carbonyl (C=O) groups is 3. The Balaban J connectivity index is 2.01. The molecular formula is C11H17N3O3. The van der Waals surface area contributed by atoms with Crippen LogP contribution < -0.4 is 5.32 Å². The molecule has 2 aliphatic rings. The molecule has 94 valence electrons. The van der Waals surface area contributed by atoms with Gasteiger partial charge in [-0.15, -0.1) is 0 Å². The van der Waals surface area contributed by atoms with Crippen LogP contribution in [-0.2, 0) is 14.4 Å². The van der Waals surface area contributed by atoms with E-state index in [0.717, 1.165) is 13.1 Å². The second-order valence-corrected chi connectivity index (χ2v) is 4.42. The number of rotatable bonds is 2. The number of piperazine rings is 1. The van der Waals surface area contributed by atoms with E-state index in [1.54, 1.807) is 4.90 Å². The molecule has 0 aliphatic carbocycles. The maximum Gasteiger partial charge on any atom is 0.249 e. The van der Waals surface area contributed by atoms with E-state index in [4.69, 9.17) is 0 Å². The van der Waals surface area contributed by atoms with Crippen LogP contribution >= 0.6 is 0 Å². The molecule has 0 saturated carbocycles. The average molecular weight is 239 g/mol. The summed E-state index contributed by atoms with van der Waals surface area (Å²) in [5.41, 5.74) is 0. The fourth-order valence-electron chi connectivity index (χ4n) is 2.31. The topological polar surface area (TPSA) is 69.7 Å². The lowest BCUT2D eigenvalue weighted by molar-refractivity contribution is -0.148. The second-order valence-electron chi connectivity index (χ2n) is 4.42. The van der Waals surface area contributed by atoms with Crippen molar-refractivity contribution < 1.29 is 14.4 Å². The van der Waals surface area contributed by atoms with Crippen molar-refractivity contribution in [1.82, 2.24) is 15.1 Å². The normalized spacial score (nSPS) is 27.2. The van der Waals surface area contributed by atoms with E-state index in [1.807, 2.05) is 11.8 Å². The zero-order chi connectivity index (χ0) is 12.4. The SMILES string of the molecule is CCN1CCN(C2CCC(=O)NC2=O)C(=O)C1. The summed E-state index contributed by atoms with van der Waals surface area (Å²) in [7, 11) is 0. The molecule has 6 nitrogen and oxygen atoms in total. The predicted molar refractivity (Wildman–Crippen MR) is 60.0 cm³/mol. The number of carbonyl (C=O) groups excluding carboxylic acids is 3. The Hall–Kier alpha value is -1.43. The number of hydrogen-bond donors (Lipinski definition) is 1. The molecule has 1 unspecified atom stereocenters. The monoisotopic (exact) mass is 239 g/mol. The van der Waals surface area contributed by atoms with Crippen LogP contribution in [0.5, 0.6) is 0 Å². The molecule has 0 aromatic rings. The number of amides is 3. The summed E-state index contributed by atoms with van der Waals surface area (Å²) in [5.74, 6) is -0.599. The van der Waals surface area contributed by atoms with Crippen LogP contribution in [0.3, 0.4) is 0 Å². The van der Waals surface area contributed by atoms with Crippen molar-refractivity contribution in [2.24, 2.45) is 0 Å². The molecule has 0 aromatic carbocycles. The van der Waals surface area contributed by atoms with Gasteiger partial charge >= 0.3 is 0 Å². The maximum absolute atomic E-state index is 11.9. The van der Waals surface area contributed by atoms with E-state index in [1.165, 1.54) is 0 Å². The van der Waals surface area contributed by atoms with Gasteiger partial charge in [0.25, 0.3) is 0 Å². The standard InChI is InChI=1S/C11H17N3O3/c1-2-13-5-6-14(10(16)7-13)8-3-4-9(15)12-11(8)17/h8H,2-7H2,1H3,(H,12,15,17). The van der Waals surface area contributed by atoms with Crippen LogP contribution in [0, 0.1) is 0 Å². The zero-order valence-electron chi connectivity index (χ0n) is 9.94. The quantitative estimate of drug-likeness (QED) is 0.625. The summed E-state index contributed by atoms with van der Waals surface area (Å²) in [6.45, 7) is 4.58.